The molecule has 1 aromatic heterocycles. The molecule has 0 saturated carbocycles. The SMILES string of the molecule is COc1ccc(-n2nc(-c3ccccc3)c3c2N(CC(=O)NC(C)C)C(=O)CSC3c2ccc(F)cc2F)cc1. The highest BCUT2D eigenvalue weighted by Crippen LogP contribution is 2.49. The summed E-state index contributed by atoms with van der Waals surface area (Å²) in [6.45, 7) is 3.43. The number of anilines is 1. The van der Waals surface area contributed by atoms with Crippen LogP contribution in [0.2, 0.25) is 0 Å². The van der Waals surface area contributed by atoms with Gasteiger partial charge in [-0.25, -0.2) is 13.5 Å². The van der Waals surface area contributed by atoms with E-state index in [-0.39, 0.29) is 35.7 Å². The fourth-order valence-corrected chi connectivity index (χ4v) is 5.92. The number of methoxy groups -OCH3 is 1. The van der Waals surface area contributed by atoms with E-state index in [1.165, 1.54) is 28.8 Å². The molecule has 40 heavy (non-hydrogen) atoms. The van der Waals surface area contributed by atoms with Crippen LogP contribution < -0.4 is 15.0 Å². The molecule has 2 amide bonds. The molecule has 2 heterocycles. The van der Waals surface area contributed by atoms with Crippen molar-refractivity contribution in [2.75, 3.05) is 24.3 Å². The number of carbonyl (C=O) groups is 2. The first-order valence-corrected chi connectivity index (χ1v) is 13.8. The minimum atomic E-state index is -0.724. The van der Waals surface area contributed by atoms with Gasteiger partial charge in [0.15, 0.2) is 0 Å². The molecule has 5 rings (SSSR count). The lowest BCUT2D eigenvalue weighted by Crippen LogP contribution is -2.44. The third kappa shape index (κ3) is 5.44. The van der Waals surface area contributed by atoms with Crippen LogP contribution in [0.4, 0.5) is 14.6 Å². The van der Waals surface area contributed by atoms with Crippen molar-refractivity contribution in [2.45, 2.75) is 25.1 Å². The van der Waals surface area contributed by atoms with Crippen LogP contribution in [0.25, 0.3) is 16.9 Å². The standard InChI is InChI=1S/C30H28F2N4O3S/c1-18(2)33-25(37)16-35-26(38)17-40-29(23-14-9-20(31)15-24(23)32)27-28(19-7-5-4-6-8-19)34-36(30(27)35)21-10-12-22(39-3)13-11-21/h4-15,18,29H,16-17H2,1-3H3,(H,33,37). The van der Waals surface area contributed by atoms with Crippen molar-refractivity contribution in [2.24, 2.45) is 0 Å². The Labute approximate surface area is 235 Å². The Morgan fingerprint density at radius 1 is 1.10 bits per heavy atom. The maximum atomic E-state index is 15.3. The number of nitrogens with zero attached hydrogens (tertiary/aromatic N) is 3. The van der Waals surface area contributed by atoms with Gasteiger partial charge in [-0.1, -0.05) is 36.4 Å². The molecule has 0 aliphatic carbocycles. The fourth-order valence-electron chi connectivity index (χ4n) is 4.70. The highest BCUT2D eigenvalue weighted by Gasteiger charge is 2.38. The number of rotatable bonds is 7. The van der Waals surface area contributed by atoms with Crippen molar-refractivity contribution in [3.63, 3.8) is 0 Å². The lowest BCUT2D eigenvalue weighted by Gasteiger charge is -2.24. The molecule has 1 aliphatic heterocycles. The molecule has 0 fully saturated rings. The molecule has 4 aromatic rings. The van der Waals surface area contributed by atoms with Gasteiger partial charge in [-0.3, -0.25) is 14.5 Å². The second kappa shape index (κ2) is 11.5. The first-order chi connectivity index (χ1) is 19.3. The number of hydrogen-bond acceptors (Lipinski definition) is 5. The normalized spacial score (nSPS) is 15.1. The summed E-state index contributed by atoms with van der Waals surface area (Å²) in [5.41, 5.74) is 2.67. The number of aromatic nitrogens is 2. The Morgan fingerprint density at radius 3 is 2.48 bits per heavy atom. The quantitative estimate of drug-likeness (QED) is 0.321. The highest BCUT2D eigenvalue weighted by molar-refractivity contribution is 8.00. The number of thioether (sulfide) groups is 1. The number of carbonyl (C=O) groups excluding carboxylic acids is 2. The van der Waals surface area contributed by atoms with Gasteiger partial charge < -0.3 is 10.1 Å². The summed E-state index contributed by atoms with van der Waals surface area (Å²) in [7, 11) is 1.56. The fraction of sp³-hybridized carbons (Fsp3) is 0.233. The van der Waals surface area contributed by atoms with E-state index in [0.29, 0.717) is 28.5 Å². The van der Waals surface area contributed by atoms with Gasteiger partial charge in [0.05, 0.1) is 29.5 Å². The number of hydrogen-bond donors (Lipinski definition) is 1. The first-order valence-electron chi connectivity index (χ1n) is 12.8. The van der Waals surface area contributed by atoms with Crippen molar-refractivity contribution in [3.8, 4) is 22.7 Å². The van der Waals surface area contributed by atoms with E-state index in [9.17, 15) is 14.0 Å². The summed E-state index contributed by atoms with van der Waals surface area (Å²) < 4.78 is 36.1. The maximum absolute atomic E-state index is 15.3. The second-order valence-electron chi connectivity index (χ2n) is 9.62. The van der Waals surface area contributed by atoms with Gasteiger partial charge in [0.2, 0.25) is 11.8 Å². The Kier molecular flexibility index (Phi) is 7.88. The molecule has 1 aliphatic rings. The lowest BCUT2D eigenvalue weighted by molar-refractivity contribution is -0.123. The van der Waals surface area contributed by atoms with E-state index >= 15 is 4.39 Å². The maximum Gasteiger partial charge on any atom is 0.240 e. The van der Waals surface area contributed by atoms with Crippen molar-refractivity contribution < 1.29 is 23.1 Å². The minimum Gasteiger partial charge on any atom is -0.497 e. The molecule has 10 heteroatoms. The van der Waals surface area contributed by atoms with E-state index in [1.54, 1.807) is 36.1 Å². The number of benzene rings is 3. The Bertz CT molecular complexity index is 1540. The Morgan fingerprint density at radius 2 is 1.82 bits per heavy atom. The molecule has 206 valence electrons. The smallest absolute Gasteiger partial charge is 0.240 e. The van der Waals surface area contributed by atoms with E-state index in [0.717, 1.165) is 11.6 Å². The molecule has 1 atom stereocenters. The van der Waals surface area contributed by atoms with Crippen LogP contribution in [-0.2, 0) is 9.59 Å². The molecule has 7 nitrogen and oxygen atoms in total. The summed E-state index contributed by atoms with van der Waals surface area (Å²) in [5, 5.41) is 7.08. The summed E-state index contributed by atoms with van der Waals surface area (Å²) in [5.74, 6) is -1.12. The van der Waals surface area contributed by atoms with Crippen LogP contribution in [0.3, 0.4) is 0 Å². The molecule has 1 unspecified atom stereocenters. The zero-order valence-electron chi connectivity index (χ0n) is 22.2. The van der Waals surface area contributed by atoms with Crippen molar-refractivity contribution in [1.29, 1.82) is 0 Å². The summed E-state index contributed by atoms with van der Waals surface area (Å²) in [6, 6.07) is 19.8. The van der Waals surface area contributed by atoms with Gasteiger partial charge in [-0.2, -0.15) is 5.10 Å². The number of halogens is 2. The zero-order valence-corrected chi connectivity index (χ0v) is 23.0. The third-order valence-corrected chi connectivity index (χ3v) is 7.69. The van der Waals surface area contributed by atoms with Crippen molar-refractivity contribution in [3.05, 3.63) is 95.6 Å². The van der Waals surface area contributed by atoms with E-state index in [4.69, 9.17) is 9.84 Å². The van der Waals surface area contributed by atoms with Gasteiger partial charge in [-0.05, 0) is 44.2 Å². The lowest BCUT2D eigenvalue weighted by atomic mass is 9.99. The molecule has 3 aromatic carbocycles. The largest absolute Gasteiger partial charge is 0.497 e. The molecule has 1 N–H and O–H groups in total. The molecule has 0 bridgehead atoms. The van der Waals surface area contributed by atoms with Gasteiger partial charge in [-0.15, -0.1) is 11.8 Å². The summed E-state index contributed by atoms with van der Waals surface area (Å²) in [6.07, 6.45) is 0. The topological polar surface area (TPSA) is 76.5 Å². The number of ether oxygens (including phenoxy) is 1. The zero-order chi connectivity index (χ0) is 28.4. The predicted molar refractivity (Wildman–Crippen MR) is 152 cm³/mol. The average Bonchev–Trinajstić information content (AvgIpc) is 3.26. The van der Waals surface area contributed by atoms with Crippen LogP contribution in [0.15, 0.2) is 72.8 Å². The molecule has 0 radical (unpaired) electrons. The van der Waals surface area contributed by atoms with Gasteiger partial charge in [0.1, 0.15) is 29.7 Å². The molecule has 0 spiro atoms. The molecule has 0 saturated heterocycles. The molecular formula is C30H28F2N4O3S. The van der Waals surface area contributed by atoms with E-state index < -0.39 is 16.9 Å². The van der Waals surface area contributed by atoms with Gasteiger partial charge in [0, 0.05) is 28.8 Å². The number of amides is 2. The van der Waals surface area contributed by atoms with Crippen LogP contribution >= 0.6 is 11.8 Å². The average molecular weight is 563 g/mol. The summed E-state index contributed by atoms with van der Waals surface area (Å²) in [4.78, 5) is 28.0. The monoisotopic (exact) mass is 562 g/mol. The van der Waals surface area contributed by atoms with Crippen molar-refractivity contribution >= 4 is 29.4 Å². The third-order valence-electron chi connectivity index (χ3n) is 6.45. The number of fused-ring (bicyclic) bond motifs is 1. The highest BCUT2D eigenvalue weighted by atomic mass is 32.2. The van der Waals surface area contributed by atoms with Crippen LogP contribution in [0, 0.1) is 11.6 Å². The predicted octanol–water partition coefficient (Wildman–Crippen LogP) is 5.52. The van der Waals surface area contributed by atoms with Gasteiger partial charge in [0.25, 0.3) is 0 Å². The van der Waals surface area contributed by atoms with E-state index in [1.807, 2.05) is 44.2 Å². The Balaban J connectivity index is 1.80. The molecular weight excluding hydrogens is 534 g/mol. The Hall–Kier alpha value is -4.18. The number of nitrogens with one attached hydrogen (secondary N) is 1. The second-order valence-corrected chi connectivity index (χ2v) is 10.7. The first kappa shape index (κ1) is 27.4. The minimum absolute atomic E-state index is 0.0258. The van der Waals surface area contributed by atoms with Crippen LogP contribution in [-0.4, -0.2) is 47.0 Å². The van der Waals surface area contributed by atoms with Gasteiger partial charge >= 0.3 is 0 Å². The van der Waals surface area contributed by atoms with Crippen LogP contribution in [0.1, 0.15) is 30.2 Å². The van der Waals surface area contributed by atoms with E-state index in [2.05, 4.69) is 5.32 Å². The van der Waals surface area contributed by atoms with Crippen LogP contribution in [0.5, 0.6) is 5.75 Å². The van der Waals surface area contributed by atoms with Crippen molar-refractivity contribution in [1.82, 2.24) is 15.1 Å². The summed E-state index contributed by atoms with van der Waals surface area (Å²) >= 11 is 1.22.